The minimum atomic E-state index is -1.11. The van der Waals surface area contributed by atoms with Gasteiger partial charge in [-0.1, -0.05) is 13.3 Å². The molecule has 1 aromatic heterocycles. The predicted molar refractivity (Wildman–Crippen MR) is 52.5 cm³/mol. The third-order valence-corrected chi connectivity index (χ3v) is 1.91. The molecule has 1 rings (SSSR count). The number of nitrogens with one attached hydrogen (secondary N) is 1. The van der Waals surface area contributed by atoms with Crippen molar-refractivity contribution in [2.45, 2.75) is 25.8 Å². The van der Waals surface area contributed by atoms with E-state index in [1.807, 2.05) is 6.92 Å². The Balaban J connectivity index is 2.69. The predicted octanol–water partition coefficient (Wildman–Crippen LogP) is -0.365. The fourth-order valence-electron chi connectivity index (χ4n) is 1.13. The van der Waals surface area contributed by atoms with Crippen molar-refractivity contribution in [3.63, 3.8) is 0 Å². The number of aliphatic carboxylic acids is 1. The molecule has 1 atom stereocenters. The van der Waals surface area contributed by atoms with E-state index >= 15 is 0 Å². The van der Waals surface area contributed by atoms with E-state index in [1.165, 1.54) is 0 Å². The van der Waals surface area contributed by atoms with Crippen LogP contribution < -0.4 is 11.1 Å². The van der Waals surface area contributed by atoms with Gasteiger partial charge in [-0.05, 0) is 16.7 Å². The van der Waals surface area contributed by atoms with E-state index in [2.05, 4.69) is 20.3 Å². The smallest absolute Gasteiger partial charge is 0.326 e. The van der Waals surface area contributed by atoms with Crippen LogP contribution in [0.5, 0.6) is 0 Å². The molecule has 8 heteroatoms. The highest BCUT2D eigenvalue weighted by molar-refractivity contribution is 5.98. The van der Waals surface area contributed by atoms with Gasteiger partial charge in [-0.3, -0.25) is 4.79 Å². The topological polar surface area (TPSA) is 131 Å². The summed E-state index contributed by atoms with van der Waals surface area (Å²) in [5.74, 6) is -1.98. The van der Waals surface area contributed by atoms with Crippen LogP contribution in [0.15, 0.2) is 4.63 Å². The molecule has 1 heterocycles. The van der Waals surface area contributed by atoms with Crippen LogP contribution in [0, 0.1) is 0 Å². The highest BCUT2D eigenvalue weighted by Gasteiger charge is 2.23. The van der Waals surface area contributed by atoms with Crippen molar-refractivity contribution in [2.24, 2.45) is 0 Å². The largest absolute Gasteiger partial charge is 0.480 e. The molecule has 0 saturated heterocycles. The van der Waals surface area contributed by atoms with Crippen molar-refractivity contribution in [3.8, 4) is 0 Å². The van der Waals surface area contributed by atoms with Crippen LogP contribution in [0.3, 0.4) is 0 Å². The molecule has 0 radical (unpaired) electrons. The Kier molecular flexibility index (Phi) is 3.81. The molecular weight excluding hydrogens is 216 g/mol. The molecule has 8 nitrogen and oxygen atoms in total. The first-order valence-electron chi connectivity index (χ1n) is 4.68. The SMILES string of the molecule is CCCC(NC(=O)c1nonc1N)C(=O)O. The number of hydrogen-bond donors (Lipinski definition) is 3. The van der Waals surface area contributed by atoms with Crippen LogP contribution in [-0.4, -0.2) is 33.3 Å². The zero-order chi connectivity index (χ0) is 12.1. The number of rotatable bonds is 5. The number of amides is 1. The van der Waals surface area contributed by atoms with Gasteiger partial charge < -0.3 is 16.2 Å². The summed E-state index contributed by atoms with van der Waals surface area (Å²) in [7, 11) is 0. The first kappa shape index (κ1) is 12.0. The van der Waals surface area contributed by atoms with E-state index in [-0.39, 0.29) is 11.5 Å². The average molecular weight is 228 g/mol. The molecule has 1 amide bonds. The van der Waals surface area contributed by atoms with Crippen molar-refractivity contribution >= 4 is 17.7 Å². The van der Waals surface area contributed by atoms with Gasteiger partial charge in [0.2, 0.25) is 11.5 Å². The number of carbonyl (C=O) groups excluding carboxylic acids is 1. The number of anilines is 1. The van der Waals surface area contributed by atoms with Gasteiger partial charge in [-0.15, -0.1) is 0 Å². The molecule has 1 aromatic rings. The summed E-state index contributed by atoms with van der Waals surface area (Å²) in [5.41, 5.74) is 5.09. The van der Waals surface area contributed by atoms with E-state index in [4.69, 9.17) is 10.8 Å². The number of nitrogens with zero attached hydrogens (tertiary/aromatic N) is 2. The lowest BCUT2D eigenvalue weighted by molar-refractivity contribution is -0.139. The van der Waals surface area contributed by atoms with E-state index in [0.29, 0.717) is 12.8 Å². The molecule has 0 spiro atoms. The molecule has 0 aliphatic heterocycles. The Morgan fingerprint density at radius 2 is 2.25 bits per heavy atom. The third kappa shape index (κ3) is 2.69. The summed E-state index contributed by atoms with van der Waals surface area (Å²) in [4.78, 5) is 22.3. The first-order chi connectivity index (χ1) is 7.56. The van der Waals surface area contributed by atoms with Gasteiger partial charge in [0, 0.05) is 0 Å². The molecule has 0 fully saturated rings. The highest BCUT2D eigenvalue weighted by atomic mass is 16.6. The molecule has 0 bridgehead atoms. The zero-order valence-corrected chi connectivity index (χ0v) is 8.64. The zero-order valence-electron chi connectivity index (χ0n) is 8.64. The summed E-state index contributed by atoms with van der Waals surface area (Å²) in [6.45, 7) is 1.81. The average Bonchev–Trinajstić information content (AvgIpc) is 2.63. The Bertz CT molecular complexity index is 389. The standard InChI is InChI=1S/C8H12N4O4/c1-2-3-4(8(14)15)10-7(13)5-6(9)12-16-11-5/h4H,2-3H2,1H3,(H2,9,12)(H,10,13)(H,14,15). The summed E-state index contributed by atoms with van der Waals surface area (Å²) in [6.07, 6.45) is 0.954. The second kappa shape index (κ2) is 5.10. The third-order valence-electron chi connectivity index (χ3n) is 1.91. The molecular formula is C8H12N4O4. The van der Waals surface area contributed by atoms with Crippen LogP contribution in [0.1, 0.15) is 30.3 Å². The van der Waals surface area contributed by atoms with Gasteiger partial charge in [0.25, 0.3) is 5.91 Å². The molecule has 0 aliphatic rings. The maximum atomic E-state index is 11.5. The quantitative estimate of drug-likeness (QED) is 0.626. The van der Waals surface area contributed by atoms with Crippen LogP contribution >= 0.6 is 0 Å². The number of aromatic nitrogens is 2. The van der Waals surface area contributed by atoms with Gasteiger partial charge in [0.15, 0.2) is 0 Å². The Morgan fingerprint density at radius 3 is 2.69 bits per heavy atom. The minimum absolute atomic E-state index is 0.168. The molecule has 0 saturated carbocycles. The van der Waals surface area contributed by atoms with Crippen molar-refractivity contribution in [3.05, 3.63) is 5.69 Å². The Labute approximate surface area is 90.8 Å². The maximum Gasteiger partial charge on any atom is 0.326 e. The van der Waals surface area contributed by atoms with Gasteiger partial charge in [0.05, 0.1) is 0 Å². The lowest BCUT2D eigenvalue weighted by Crippen LogP contribution is -2.41. The lowest BCUT2D eigenvalue weighted by atomic mass is 10.1. The molecule has 4 N–H and O–H groups in total. The molecule has 1 unspecified atom stereocenters. The second-order valence-corrected chi connectivity index (χ2v) is 3.15. The number of carboxylic acids is 1. The lowest BCUT2D eigenvalue weighted by Gasteiger charge is -2.11. The number of hydrogen-bond acceptors (Lipinski definition) is 6. The van der Waals surface area contributed by atoms with Crippen molar-refractivity contribution in [1.82, 2.24) is 15.6 Å². The highest BCUT2D eigenvalue weighted by Crippen LogP contribution is 2.05. The molecule has 88 valence electrons. The first-order valence-corrected chi connectivity index (χ1v) is 4.68. The minimum Gasteiger partial charge on any atom is -0.480 e. The van der Waals surface area contributed by atoms with Crippen LogP contribution in [-0.2, 0) is 4.79 Å². The van der Waals surface area contributed by atoms with Crippen LogP contribution in [0.2, 0.25) is 0 Å². The van der Waals surface area contributed by atoms with Gasteiger partial charge in [-0.25, -0.2) is 9.42 Å². The number of nitrogen functional groups attached to an aromatic ring is 1. The van der Waals surface area contributed by atoms with E-state index in [0.717, 1.165) is 0 Å². The molecule has 16 heavy (non-hydrogen) atoms. The fraction of sp³-hybridized carbons (Fsp3) is 0.500. The van der Waals surface area contributed by atoms with Crippen LogP contribution in [0.4, 0.5) is 5.82 Å². The molecule has 0 aromatic carbocycles. The Morgan fingerprint density at radius 1 is 1.56 bits per heavy atom. The van der Waals surface area contributed by atoms with Crippen molar-refractivity contribution in [1.29, 1.82) is 0 Å². The van der Waals surface area contributed by atoms with Gasteiger partial charge in [0.1, 0.15) is 6.04 Å². The van der Waals surface area contributed by atoms with E-state index < -0.39 is 17.9 Å². The summed E-state index contributed by atoms with van der Waals surface area (Å²) in [6, 6.07) is -0.964. The summed E-state index contributed by atoms with van der Waals surface area (Å²) < 4.78 is 4.24. The number of carbonyl (C=O) groups is 2. The maximum absolute atomic E-state index is 11.5. The fourth-order valence-corrected chi connectivity index (χ4v) is 1.13. The van der Waals surface area contributed by atoms with Gasteiger partial charge in [-0.2, -0.15) is 0 Å². The van der Waals surface area contributed by atoms with Crippen LogP contribution in [0.25, 0.3) is 0 Å². The van der Waals surface area contributed by atoms with Gasteiger partial charge >= 0.3 is 5.97 Å². The number of nitrogens with two attached hydrogens (primary N) is 1. The summed E-state index contributed by atoms with van der Waals surface area (Å²) in [5, 5.41) is 17.6. The Hall–Kier alpha value is -2.12. The summed E-state index contributed by atoms with van der Waals surface area (Å²) >= 11 is 0. The van der Waals surface area contributed by atoms with E-state index in [9.17, 15) is 9.59 Å². The number of carboxylic acid groups (broad SMARTS) is 1. The monoisotopic (exact) mass is 228 g/mol. The van der Waals surface area contributed by atoms with Crippen molar-refractivity contribution in [2.75, 3.05) is 5.73 Å². The molecule has 0 aliphatic carbocycles. The van der Waals surface area contributed by atoms with Crippen molar-refractivity contribution < 1.29 is 19.3 Å². The normalized spacial score (nSPS) is 12.1. The second-order valence-electron chi connectivity index (χ2n) is 3.15. The van der Waals surface area contributed by atoms with E-state index in [1.54, 1.807) is 0 Å².